The third kappa shape index (κ3) is 4.72. The number of aryl methyl sites for hydroxylation is 1. The standard InChI is InChI=1S/C30H31N5O4S/c1-4-24(36)32-18-8-9-19(15-18)33-28(37)27-26-25-22(12-13-31-29(25)40-27)35(30(38)34-26)21-11-10-20(14-17(21)3)39-23-7-5-6-16(23)2/h5-7,10-14,16,18-19H,4,8-9,15H2,1-3H3,(H,32,36)(H,33,37)(H,34,38). The maximum atomic E-state index is 13.5. The minimum Gasteiger partial charge on any atom is -0.461 e. The zero-order valence-electron chi connectivity index (χ0n) is 22.6. The number of amides is 4. The van der Waals surface area contributed by atoms with E-state index in [1.54, 1.807) is 17.2 Å². The van der Waals surface area contributed by atoms with Crippen molar-refractivity contribution >= 4 is 56.5 Å². The van der Waals surface area contributed by atoms with E-state index in [2.05, 4.69) is 33.9 Å². The second-order valence-electron chi connectivity index (χ2n) is 10.5. The Bertz CT molecular complexity index is 1590. The van der Waals surface area contributed by atoms with Crippen molar-refractivity contribution in [2.24, 2.45) is 5.92 Å². The molecule has 0 saturated heterocycles. The molecule has 6 rings (SSSR count). The van der Waals surface area contributed by atoms with Gasteiger partial charge in [0, 0.05) is 30.6 Å². The molecule has 1 saturated carbocycles. The van der Waals surface area contributed by atoms with Crippen molar-refractivity contribution < 1.29 is 19.1 Å². The molecule has 40 heavy (non-hydrogen) atoms. The van der Waals surface area contributed by atoms with Crippen molar-refractivity contribution in [1.82, 2.24) is 15.6 Å². The Morgan fingerprint density at radius 3 is 2.70 bits per heavy atom. The summed E-state index contributed by atoms with van der Waals surface area (Å²) in [7, 11) is 0. The van der Waals surface area contributed by atoms with Crippen LogP contribution in [0.1, 0.15) is 54.8 Å². The molecule has 2 aliphatic carbocycles. The maximum Gasteiger partial charge on any atom is 0.331 e. The Morgan fingerprint density at radius 1 is 1.18 bits per heavy atom. The van der Waals surface area contributed by atoms with E-state index in [1.807, 2.05) is 44.2 Å². The summed E-state index contributed by atoms with van der Waals surface area (Å²) in [5.74, 6) is 1.59. The Labute approximate surface area is 236 Å². The number of pyridine rings is 1. The van der Waals surface area contributed by atoms with Crippen LogP contribution in [0.5, 0.6) is 5.75 Å². The SMILES string of the molecule is CCC(=O)NC1CCC(NC(=O)c2sc3nccc4c3c2NC(=O)N4c2ccc(OC3=CC=CC3C)cc2C)C1. The number of rotatable bonds is 7. The first kappa shape index (κ1) is 26.1. The molecule has 3 aliphatic rings. The minimum absolute atomic E-state index is 0.0206. The van der Waals surface area contributed by atoms with E-state index in [1.165, 1.54) is 11.3 Å². The Morgan fingerprint density at radius 2 is 1.98 bits per heavy atom. The van der Waals surface area contributed by atoms with Gasteiger partial charge in [-0.1, -0.05) is 26.0 Å². The largest absolute Gasteiger partial charge is 0.461 e. The smallest absolute Gasteiger partial charge is 0.331 e. The first-order valence-corrected chi connectivity index (χ1v) is 14.4. The summed E-state index contributed by atoms with van der Waals surface area (Å²) in [6, 6.07) is 7.14. The van der Waals surface area contributed by atoms with Crippen molar-refractivity contribution in [2.75, 3.05) is 10.2 Å². The summed E-state index contributed by atoms with van der Waals surface area (Å²) in [5, 5.41) is 9.83. The van der Waals surface area contributed by atoms with Crippen molar-refractivity contribution in [3.63, 3.8) is 0 Å². The van der Waals surface area contributed by atoms with Gasteiger partial charge in [0.1, 0.15) is 21.2 Å². The Balaban J connectivity index is 1.26. The molecule has 4 amide bonds. The van der Waals surface area contributed by atoms with Gasteiger partial charge < -0.3 is 20.7 Å². The number of nitrogens with one attached hydrogen (secondary N) is 3. The monoisotopic (exact) mass is 557 g/mol. The van der Waals surface area contributed by atoms with Crippen molar-refractivity contribution in [3.8, 4) is 5.75 Å². The first-order chi connectivity index (χ1) is 19.3. The summed E-state index contributed by atoms with van der Waals surface area (Å²) in [4.78, 5) is 45.9. The highest BCUT2D eigenvalue weighted by Gasteiger charge is 2.34. The molecular weight excluding hydrogens is 526 g/mol. The molecule has 1 fully saturated rings. The molecule has 3 aromatic rings. The average molecular weight is 558 g/mol. The maximum absolute atomic E-state index is 13.5. The predicted octanol–water partition coefficient (Wildman–Crippen LogP) is 5.93. The molecule has 0 spiro atoms. The fourth-order valence-electron chi connectivity index (χ4n) is 5.58. The number of ether oxygens (including phenoxy) is 1. The summed E-state index contributed by atoms with van der Waals surface area (Å²) in [5.41, 5.74) is 2.76. The molecule has 2 aromatic heterocycles. The highest BCUT2D eigenvalue weighted by molar-refractivity contribution is 7.21. The molecule has 3 heterocycles. The van der Waals surface area contributed by atoms with Crippen LogP contribution >= 0.6 is 11.3 Å². The van der Waals surface area contributed by atoms with Crippen molar-refractivity contribution in [3.05, 3.63) is 64.9 Å². The first-order valence-electron chi connectivity index (χ1n) is 13.6. The van der Waals surface area contributed by atoms with E-state index in [9.17, 15) is 14.4 Å². The van der Waals surface area contributed by atoms with Gasteiger partial charge in [-0.3, -0.25) is 14.5 Å². The summed E-state index contributed by atoms with van der Waals surface area (Å²) in [6.45, 7) is 5.85. The molecule has 1 aliphatic heterocycles. The molecule has 3 atom stereocenters. The third-order valence-corrected chi connectivity index (χ3v) is 8.76. The molecule has 1 aromatic carbocycles. The second-order valence-corrected chi connectivity index (χ2v) is 11.5. The van der Waals surface area contributed by atoms with Gasteiger partial charge in [0.15, 0.2) is 0 Å². The average Bonchev–Trinajstić information content (AvgIpc) is 3.65. The lowest BCUT2D eigenvalue weighted by Gasteiger charge is -2.29. The highest BCUT2D eigenvalue weighted by Crippen LogP contribution is 2.46. The van der Waals surface area contributed by atoms with E-state index in [0.29, 0.717) is 39.7 Å². The van der Waals surface area contributed by atoms with Gasteiger partial charge in [-0.2, -0.15) is 0 Å². The lowest BCUT2D eigenvalue weighted by Crippen LogP contribution is -2.38. The van der Waals surface area contributed by atoms with E-state index in [0.717, 1.165) is 35.2 Å². The van der Waals surface area contributed by atoms with Crippen LogP contribution in [0.25, 0.3) is 10.2 Å². The molecule has 9 nitrogen and oxygen atoms in total. The quantitative estimate of drug-likeness (QED) is 0.333. The molecule has 0 radical (unpaired) electrons. The van der Waals surface area contributed by atoms with Gasteiger partial charge in [0.05, 0.1) is 22.4 Å². The van der Waals surface area contributed by atoms with E-state index in [-0.39, 0.29) is 35.8 Å². The number of anilines is 3. The fraction of sp³-hybridized carbons (Fsp3) is 0.333. The lowest BCUT2D eigenvalue weighted by atomic mass is 10.1. The zero-order valence-corrected chi connectivity index (χ0v) is 23.4. The molecular formula is C30H31N5O4S. The summed E-state index contributed by atoms with van der Waals surface area (Å²) >= 11 is 1.27. The van der Waals surface area contributed by atoms with Gasteiger partial charge in [0.25, 0.3) is 5.91 Å². The number of benzene rings is 1. The molecule has 0 bridgehead atoms. The van der Waals surface area contributed by atoms with Crippen molar-refractivity contribution in [1.29, 1.82) is 0 Å². The number of thiophene rings is 1. The van der Waals surface area contributed by atoms with E-state index in [4.69, 9.17) is 4.74 Å². The number of hydrogen-bond donors (Lipinski definition) is 3. The Kier molecular flexibility index (Phi) is 6.79. The number of nitrogens with zero attached hydrogens (tertiary/aromatic N) is 2. The van der Waals surface area contributed by atoms with Crippen LogP contribution in [-0.2, 0) is 4.79 Å². The second kappa shape index (κ2) is 10.4. The lowest BCUT2D eigenvalue weighted by molar-refractivity contribution is -0.121. The topological polar surface area (TPSA) is 113 Å². The Hall–Kier alpha value is -4.18. The normalized spacial score (nSPS) is 21.4. The minimum atomic E-state index is -0.344. The number of carbonyl (C=O) groups excluding carboxylic acids is 3. The predicted molar refractivity (Wildman–Crippen MR) is 156 cm³/mol. The van der Waals surface area contributed by atoms with Crippen LogP contribution < -0.4 is 25.6 Å². The third-order valence-electron chi connectivity index (χ3n) is 7.66. The van der Waals surface area contributed by atoms with Gasteiger partial charge in [0.2, 0.25) is 5.91 Å². The van der Waals surface area contributed by atoms with Gasteiger partial charge in [-0.25, -0.2) is 9.78 Å². The van der Waals surface area contributed by atoms with Crippen LogP contribution in [-0.4, -0.2) is 34.9 Å². The summed E-state index contributed by atoms with van der Waals surface area (Å²) < 4.78 is 6.07. The van der Waals surface area contributed by atoms with Crippen LogP contribution in [0.2, 0.25) is 0 Å². The highest BCUT2D eigenvalue weighted by atomic mass is 32.1. The zero-order chi connectivity index (χ0) is 28.0. The molecule has 10 heteroatoms. The van der Waals surface area contributed by atoms with Crippen LogP contribution in [0.3, 0.4) is 0 Å². The molecule has 3 unspecified atom stereocenters. The van der Waals surface area contributed by atoms with Gasteiger partial charge in [-0.15, -0.1) is 11.3 Å². The van der Waals surface area contributed by atoms with E-state index >= 15 is 0 Å². The van der Waals surface area contributed by atoms with Crippen molar-refractivity contribution in [2.45, 2.75) is 58.5 Å². The van der Waals surface area contributed by atoms with Crippen LogP contribution in [0.4, 0.5) is 21.9 Å². The fourth-order valence-corrected chi connectivity index (χ4v) is 6.60. The van der Waals surface area contributed by atoms with Gasteiger partial charge >= 0.3 is 6.03 Å². The van der Waals surface area contributed by atoms with Crippen LogP contribution in [0, 0.1) is 12.8 Å². The van der Waals surface area contributed by atoms with E-state index < -0.39 is 0 Å². The number of urea groups is 1. The number of hydrogen-bond acceptors (Lipinski definition) is 6. The van der Waals surface area contributed by atoms with Crippen LogP contribution in [0.15, 0.2) is 54.4 Å². The number of allylic oxidation sites excluding steroid dienone is 3. The molecule has 3 N–H and O–H groups in total. The number of carbonyl (C=O) groups is 3. The number of aromatic nitrogens is 1. The van der Waals surface area contributed by atoms with Gasteiger partial charge in [-0.05, 0) is 62.1 Å². The molecule has 206 valence electrons. The summed E-state index contributed by atoms with van der Waals surface area (Å²) in [6.07, 6.45) is 10.4.